The Bertz CT molecular complexity index is 920. The fourth-order valence-corrected chi connectivity index (χ4v) is 3.92. The van der Waals surface area contributed by atoms with Crippen molar-refractivity contribution in [1.29, 1.82) is 0 Å². The van der Waals surface area contributed by atoms with Crippen LogP contribution in [0.15, 0.2) is 54.6 Å². The molecule has 0 aromatic heterocycles. The van der Waals surface area contributed by atoms with E-state index < -0.39 is 0 Å². The summed E-state index contributed by atoms with van der Waals surface area (Å²) >= 11 is 0. The van der Waals surface area contributed by atoms with Gasteiger partial charge in [-0.05, 0) is 57.0 Å². The van der Waals surface area contributed by atoms with Crippen LogP contribution in [-0.2, 0) is 4.79 Å². The lowest BCUT2D eigenvalue weighted by atomic mass is 10.0. The van der Waals surface area contributed by atoms with E-state index in [-0.39, 0.29) is 30.3 Å². The zero-order valence-corrected chi connectivity index (χ0v) is 18.8. The third kappa shape index (κ3) is 6.40. The van der Waals surface area contributed by atoms with Crippen molar-refractivity contribution in [2.45, 2.75) is 32.7 Å². The topological polar surface area (TPSA) is 81.8 Å². The molecule has 7 nitrogen and oxygen atoms in total. The van der Waals surface area contributed by atoms with Crippen LogP contribution in [0.25, 0.3) is 0 Å². The minimum atomic E-state index is -0.107. The molecular formula is C25H32N4O3. The predicted molar refractivity (Wildman–Crippen MR) is 126 cm³/mol. The van der Waals surface area contributed by atoms with Gasteiger partial charge in [-0.15, -0.1) is 0 Å². The maximum absolute atomic E-state index is 12.5. The SMILES string of the molecule is CCN(CC)C(=O)c1cccc(NC(=O)CN2CCC(NC(=O)c3ccccc3)CC2)c1. The number of nitrogens with one attached hydrogen (secondary N) is 2. The Morgan fingerprint density at radius 2 is 1.59 bits per heavy atom. The molecule has 0 spiro atoms. The van der Waals surface area contributed by atoms with E-state index >= 15 is 0 Å². The van der Waals surface area contributed by atoms with Gasteiger partial charge in [-0.25, -0.2) is 0 Å². The normalized spacial score (nSPS) is 14.6. The standard InChI is InChI=1S/C25H32N4O3/c1-3-29(4-2)25(32)20-11-8-12-22(17-20)26-23(30)18-28-15-13-21(14-16-28)27-24(31)19-9-6-5-7-10-19/h5-12,17,21H,3-4,13-16,18H2,1-2H3,(H,26,30)(H,27,31). The molecule has 0 aliphatic carbocycles. The average molecular weight is 437 g/mol. The lowest BCUT2D eigenvalue weighted by Crippen LogP contribution is -2.46. The molecule has 0 unspecified atom stereocenters. The molecule has 1 fully saturated rings. The molecule has 0 atom stereocenters. The van der Waals surface area contributed by atoms with Crippen molar-refractivity contribution in [3.63, 3.8) is 0 Å². The lowest BCUT2D eigenvalue weighted by molar-refractivity contribution is -0.117. The molecule has 32 heavy (non-hydrogen) atoms. The third-order valence-corrected chi connectivity index (χ3v) is 5.77. The van der Waals surface area contributed by atoms with Crippen LogP contribution >= 0.6 is 0 Å². The van der Waals surface area contributed by atoms with Crippen LogP contribution in [0.1, 0.15) is 47.4 Å². The van der Waals surface area contributed by atoms with Gasteiger partial charge in [0.25, 0.3) is 11.8 Å². The second-order valence-corrected chi connectivity index (χ2v) is 8.00. The second-order valence-electron chi connectivity index (χ2n) is 8.00. The number of anilines is 1. The molecule has 2 N–H and O–H groups in total. The van der Waals surface area contributed by atoms with Gasteiger partial charge in [0, 0.05) is 49.0 Å². The molecule has 1 aliphatic heterocycles. The molecule has 0 bridgehead atoms. The van der Waals surface area contributed by atoms with E-state index in [1.165, 1.54) is 0 Å². The first-order valence-electron chi connectivity index (χ1n) is 11.3. The monoisotopic (exact) mass is 436 g/mol. The fraction of sp³-hybridized carbons (Fsp3) is 0.400. The number of hydrogen-bond donors (Lipinski definition) is 2. The lowest BCUT2D eigenvalue weighted by Gasteiger charge is -2.31. The van der Waals surface area contributed by atoms with Crippen molar-refractivity contribution in [1.82, 2.24) is 15.1 Å². The van der Waals surface area contributed by atoms with E-state index in [0.29, 0.717) is 29.9 Å². The van der Waals surface area contributed by atoms with Crippen LogP contribution in [0.3, 0.4) is 0 Å². The minimum Gasteiger partial charge on any atom is -0.349 e. The zero-order chi connectivity index (χ0) is 22.9. The Kier molecular flexibility index (Phi) is 8.39. The summed E-state index contributed by atoms with van der Waals surface area (Å²) < 4.78 is 0. The first-order valence-corrected chi connectivity index (χ1v) is 11.3. The van der Waals surface area contributed by atoms with Crippen molar-refractivity contribution >= 4 is 23.4 Å². The molecule has 2 aromatic carbocycles. The van der Waals surface area contributed by atoms with Crippen LogP contribution in [0.4, 0.5) is 5.69 Å². The summed E-state index contributed by atoms with van der Waals surface area (Å²) in [7, 11) is 0. The van der Waals surface area contributed by atoms with Gasteiger partial charge in [-0.2, -0.15) is 0 Å². The van der Waals surface area contributed by atoms with Crippen molar-refractivity contribution in [2.24, 2.45) is 0 Å². The van der Waals surface area contributed by atoms with Gasteiger partial charge in [-0.3, -0.25) is 19.3 Å². The first-order chi connectivity index (χ1) is 15.5. The van der Waals surface area contributed by atoms with Gasteiger partial charge in [0.1, 0.15) is 0 Å². The summed E-state index contributed by atoms with van der Waals surface area (Å²) in [6.45, 7) is 6.96. The number of nitrogens with zero attached hydrogens (tertiary/aromatic N) is 2. The van der Waals surface area contributed by atoms with Crippen LogP contribution in [0.5, 0.6) is 0 Å². The van der Waals surface area contributed by atoms with Gasteiger partial charge in [-0.1, -0.05) is 24.3 Å². The summed E-state index contributed by atoms with van der Waals surface area (Å²) in [5.41, 5.74) is 1.86. The Morgan fingerprint density at radius 1 is 0.938 bits per heavy atom. The predicted octanol–water partition coefficient (Wildman–Crippen LogP) is 3.00. The number of rotatable bonds is 8. The Balaban J connectivity index is 1.46. The van der Waals surface area contributed by atoms with Crippen molar-refractivity contribution in [3.8, 4) is 0 Å². The van der Waals surface area contributed by atoms with Crippen LogP contribution in [0.2, 0.25) is 0 Å². The van der Waals surface area contributed by atoms with Crippen molar-refractivity contribution in [3.05, 3.63) is 65.7 Å². The van der Waals surface area contributed by atoms with Gasteiger partial charge in [0.05, 0.1) is 6.54 Å². The molecule has 7 heteroatoms. The third-order valence-electron chi connectivity index (χ3n) is 5.77. The van der Waals surface area contributed by atoms with Gasteiger partial charge in [0.2, 0.25) is 5.91 Å². The maximum atomic E-state index is 12.5. The summed E-state index contributed by atoms with van der Waals surface area (Å²) in [5, 5.41) is 5.99. The van der Waals surface area contributed by atoms with E-state index in [1.54, 1.807) is 41.3 Å². The molecule has 1 aliphatic rings. The van der Waals surface area contributed by atoms with E-state index in [0.717, 1.165) is 25.9 Å². The van der Waals surface area contributed by atoms with E-state index in [1.807, 2.05) is 32.0 Å². The molecule has 1 saturated heterocycles. The molecule has 3 amide bonds. The number of benzene rings is 2. The molecular weight excluding hydrogens is 404 g/mol. The molecule has 0 saturated carbocycles. The molecule has 170 valence electrons. The van der Waals surface area contributed by atoms with Gasteiger partial charge in [0.15, 0.2) is 0 Å². The highest BCUT2D eigenvalue weighted by Gasteiger charge is 2.22. The molecule has 0 radical (unpaired) electrons. The molecule has 3 rings (SSSR count). The number of likely N-dealkylation sites (tertiary alicyclic amines) is 1. The minimum absolute atomic E-state index is 0.0364. The smallest absolute Gasteiger partial charge is 0.253 e. The van der Waals surface area contributed by atoms with Crippen LogP contribution < -0.4 is 10.6 Å². The highest BCUT2D eigenvalue weighted by molar-refractivity contribution is 5.97. The number of piperidine rings is 1. The first kappa shape index (κ1) is 23.5. The van der Waals surface area contributed by atoms with Gasteiger partial charge < -0.3 is 15.5 Å². The van der Waals surface area contributed by atoms with Crippen molar-refractivity contribution < 1.29 is 14.4 Å². The summed E-state index contributed by atoms with van der Waals surface area (Å²) in [6.07, 6.45) is 1.61. The maximum Gasteiger partial charge on any atom is 0.253 e. The van der Waals surface area contributed by atoms with E-state index in [2.05, 4.69) is 15.5 Å². The summed E-state index contributed by atoms with van der Waals surface area (Å²) in [5.74, 6) is -0.198. The van der Waals surface area contributed by atoms with E-state index in [4.69, 9.17) is 0 Å². The quantitative estimate of drug-likeness (QED) is 0.667. The number of hydrogen-bond acceptors (Lipinski definition) is 4. The Morgan fingerprint density at radius 3 is 2.25 bits per heavy atom. The molecule has 1 heterocycles. The number of carbonyl (C=O) groups excluding carboxylic acids is 3. The van der Waals surface area contributed by atoms with Crippen LogP contribution in [-0.4, -0.2) is 66.3 Å². The van der Waals surface area contributed by atoms with Gasteiger partial charge >= 0.3 is 0 Å². The number of amides is 3. The Hall–Kier alpha value is -3.19. The number of carbonyl (C=O) groups is 3. The highest BCUT2D eigenvalue weighted by atomic mass is 16.2. The second kappa shape index (κ2) is 11.4. The summed E-state index contributed by atoms with van der Waals surface area (Å²) in [6, 6.07) is 16.4. The zero-order valence-electron chi connectivity index (χ0n) is 18.8. The van der Waals surface area contributed by atoms with Crippen LogP contribution in [0, 0.1) is 0 Å². The Labute approximate surface area is 189 Å². The largest absolute Gasteiger partial charge is 0.349 e. The fourth-order valence-electron chi connectivity index (χ4n) is 3.92. The van der Waals surface area contributed by atoms with Crippen molar-refractivity contribution in [2.75, 3.05) is 38.0 Å². The molecule has 2 aromatic rings. The average Bonchev–Trinajstić information content (AvgIpc) is 2.81. The van der Waals surface area contributed by atoms with E-state index in [9.17, 15) is 14.4 Å². The highest BCUT2D eigenvalue weighted by Crippen LogP contribution is 2.15. The summed E-state index contributed by atoms with van der Waals surface area (Å²) in [4.78, 5) is 41.2.